The summed E-state index contributed by atoms with van der Waals surface area (Å²) in [5.74, 6) is -0.176. The van der Waals surface area contributed by atoms with Crippen LogP contribution in [0.4, 0.5) is 0 Å². The molecule has 19 heavy (non-hydrogen) atoms. The van der Waals surface area contributed by atoms with Crippen molar-refractivity contribution in [3.05, 3.63) is 0 Å². The van der Waals surface area contributed by atoms with Gasteiger partial charge in [0.2, 0.25) is 5.91 Å². The summed E-state index contributed by atoms with van der Waals surface area (Å²) in [6, 6.07) is -0.383. The SMILES string of the molecule is CCCC(C)C(=O)N1CCC[C@H]1C(=O)OC(C)(C)C. The van der Waals surface area contributed by atoms with Gasteiger partial charge in [-0.05, 0) is 40.0 Å². The van der Waals surface area contributed by atoms with Crippen molar-refractivity contribution in [3.63, 3.8) is 0 Å². The molecule has 1 unspecified atom stereocenters. The number of amides is 1. The van der Waals surface area contributed by atoms with Gasteiger partial charge in [0.15, 0.2) is 0 Å². The molecule has 0 N–H and O–H groups in total. The molecule has 0 aromatic heterocycles. The molecule has 1 saturated heterocycles. The van der Waals surface area contributed by atoms with Crippen LogP contribution in [0.2, 0.25) is 0 Å². The van der Waals surface area contributed by atoms with Crippen molar-refractivity contribution < 1.29 is 14.3 Å². The summed E-state index contributed by atoms with van der Waals surface area (Å²) in [4.78, 5) is 26.2. The molecular weight excluding hydrogens is 242 g/mol. The summed E-state index contributed by atoms with van der Waals surface area (Å²) < 4.78 is 5.41. The molecular formula is C15H27NO3. The Hall–Kier alpha value is -1.06. The lowest BCUT2D eigenvalue weighted by atomic mass is 10.0. The number of esters is 1. The van der Waals surface area contributed by atoms with E-state index in [0.717, 1.165) is 25.7 Å². The summed E-state index contributed by atoms with van der Waals surface area (Å²) >= 11 is 0. The Balaban J connectivity index is 2.68. The van der Waals surface area contributed by atoms with E-state index in [1.165, 1.54) is 0 Å². The molecule has 0 radical (unpaired) electrons. The van der Waals surface area contributed by atoms with Gasteiger partial charge in [0.25, 0.3) is 0 Å². The average Bonchev–Trinajstić information content (AvgIpc) is 2.74. The van der Waals surface area contributed by atoms with Crippen molar-refractivity contribution in [1.29, 1.82) is 0 Å². The number of rotatable bonds is 4. The Morgan fingerprint density at radius 3 is 2.53 bits per heavy atom. The Labute approximate surface area is 116 Å². The lowest BCUT2D eigenvalue weighted by Crippen LogP contribution is -2.45. The van der Waals surface area contributed by atoms with Gasteiger partial charge in [-0.1, -0.05) is 20.3 Å². The van der Waals surface area contributed by atoms with Crippen molar-refractivity contribution in [2.75, 3.05) is 6.54 Å². The number of likely N-dealkylation sites (tertiary alicyclic amines) is 1. The highest BCUT2D eigenvalue weighted by molar-refractivity contribution is 5.86. The first-order valence-corrected chi connectivity index (χ1v) is 7.29. The summed E-state index contributed by atoms with van der Waals surface area (Å²) in [7, 11) is 0. The van der Waals surface area contributed by atoms with Crippen LogP contribution in [0.1, 0.15) is 60.3 Å². The van der Waals surface area contributed by atoms with Gasteiger partial charge in [-0.15, -0.1) is 0 Å². The first-order chi connectivity index (χ1) is 8.76. The molecule has 110 valence electrons. The van der Waals surface area contributed by atoms with Gasteiger partial charge in [0.05, 0.1) is 0 Å². The van der Waals surface area contributed by atoms with Gasteiger partial charge in [-0.25, -0.2) is 4.79 Å². The molecule has 4 heteroatoms. The standard InChI is InChI=1S/C15H27NO3/c1-6-8-11(2)13(17)16-10-7-9-12(16)14(18)19-15(3,4)5/h11-12H,6-10H2,1-5H3/t11?,12-/m0/s1. The summed E-state index contributed by atoms with van der Waals surface area (Å²) in [6.07, 6.45) is 3.46. The van der Waals surface area contributed by atoms with Gasteiger partial charge in [-0.2, -0.15) is 0 Å². The molecule has 1 rings (SSSR count). The maximum atomic E-state index is 12.3. The minimum Gasteiger partial charge on any atom is -0.458 e. The summed E-state index contributed by atoms with van der Waals surface area (Å²) in [5.41, 5.74) is -0.497. The topological polar surface area (TPSA) is 46.6 Å². The van der Waals surface area contributed by atoms with Crippen LogP contribution in [0.3, 0.4) is 0 Å². The van der Waals surface area contributed by atoms with E-state index >= 15 is 0 Å². The first-order valence-electron chi connectivity index (χ1n) is 7.29. The molecule has 0 aromatic rings. The summed E-state index contributed by atoms with van der Waals surface area (Å²) in [6.45, 7) is 10.2. The predicted octanol–water partition coefficient (Wildman–Crippen LogP) is 2.76. The highest BCUT2D eigenvalue weighted by Gasteiger charge is 2.37. The fourth-order valence-electron chi connectivity index (χ4n) is 2.48. The lowest BCUT2D eigenvalue weighted by molar-refractivity contribution is -0.163. The van der Waals surface area contributed by atoms with Crippen LogP contribution in [-0.2, 0) is 14.3 Å². The zero-order valence-corrected chi connectivity index (χ0v) is 12.9. The van der Waals surface area contributed by atoms with Crippen molar-refractivity contribution in [3.8, 4) is 0 Å². The molecule has 0 bridgehead atoms. The van der Waals surface area contributed by atoms with Crippen molar-refractivity contribution >= 4 is 11.9 Å². The maximum absolute atomic E-state index is 12.3. The van der Waals surface area contributed by atoms with E-state index in [2.05, 4.69) is 6.92 Å². The van der Waals surface area contributed by atoms with E-state index in [4.69, 9.17) is 4.74 Å². The molecule has 0 aromatic carbocycles. The third-order valence-electron chi connectivity index (χ3n) is 3.36. The van der Waals surface area contributed by atoms with Crippen molar-refractivity contribution in [1.82, 2.24) is 4.90 Å². The van der Waals surface area contributed by atoms with Crippen molar-refractivity contribution in [2.45, 2.75) is 71.9 Å². The minimum atomic E-state index is -0.497. The molecule has 1 aliphatic heterocycles. The predicted molar refractivity (Wildman–Crippen MR) is 74.7 cm³/mol. The molecule has 1 amide bonds. The number of hydrogen-bond donors (Lipinski definition) is 0. The fraction of sp³-hybridized carbons (Fsp3) is 0.867. The third kappa shape index (κ3) is 4.51. The van der Waals surface area contributed by atoms with E-state index < -0.39 is 5.60 Å². The van der Waals surface area contributed by atoms with E-state index in [1.54, 1.807) is 4.90 Å². The summed E-state index contributed by atoms with van der Waals surface area (Å²) in [5, 5.41) is 0. The maximum Gasteiger partial charge on any atom is 0.329 e. The molecule has 0 aliphatic carbocycles. The quantitative estimate of drug-likeness (QED) is 0.737. The zero-order valence-electron chi connectivity index (χ0n) is 12.9. The Kier molecular flexibility index (Phi) is 5.39. The van der Waals surface area contributed by atoms with E-state index in [1.807, 2.05) is 27.7 Å². The molecule has 2 atom stereocenters. The number of ether oxygens (including phenoxy) is 1. The fourth-order valence-corrected chi connectivity index (χ4v) is 2.48. The largest absolute Gasteiger partial charge is 0.458 e. The highest BCUT2D eigenvalue weighted by atomic mass is 16.6. The van der Waals surface area contributed by atoms with Crippen LogP contribution < -0.4 is 0 Å². The molecule has 0 saturated carbocycles. The molecule has 0 spiro atoms. The zero-order chi connectivity index (χ0) is 14.6. The van der Waals surface area contributed by atoms with Gasteiger partial charge < -0.3 is 9.64 Å². The van der Waals surface area contributed by atoms with E-state index in [0.29, 0.717) is 6.54 Å². The molecule has 4 nitrogen and oxygen atoms in total. The first kappa shape index (κ1) is 16.0. The number of carbonyl (C=O) groups is 2. The molecule has 1 heterocycles. The van der Waals surface area contributed by atoms with E-state index in [-0.39, 0.29) is 23.8 Å². The second kappa shape index (κ2) is 6.40. The van der Waals surface area contributed by atoms with Crippen LogP contribution in [0.25, 0.3) is 0 Å². The Morgan fingerprint density at radius 2 is 2.00 bits per heavy atom. The normalized spacial score (nSPS) is 21.3. The highest BCUT2D eigenvalue weighted by Crippen LogP contribution is 2.24. The van der Waals surface area contributed by atoms with Gasteiger partial charge in [0.1, 0.15) is 11.6 Å². The Bertz CT molecular complexity index is 333. The third-order valence-corrected chi connectivity index (χ3v) is 3.36. The number of hydrogen-bond acceptors (Lipinski definition) is 3. The van der Waals surface area contributed by atoms with Crippen LogP contribution in [0.15, 0.2) is 0 Å². The monoisotopic (exact) mass is 269 g/mol. The van der Waals surface area contributed by atoms with Crippen LogP contribution in [0, 0.1) is 5.92 Å². The van der Waals surface area contributed by atoms with Crippen LogP contribution in [-0.4, -0.2) is 35.0 Å². The molecule has 1 fully saturated rings. The smallest absolute Gasteiger partial charge is 0.329 e. The molecule has 1 aliphatic rings. The van der Waals surface area contributed by atoms with Gasteiger partial charge in [-0.3, -0.25) is 4.79 Å². The number of carbonyl (C=O) groups excluding carboxylic acids is 2. The minimum absolute atomic E-state index is 0.00645. The average molecular weight is 269 g/mol. The van der Waals surface area contributed by atoms with Crippen LogP contribution >= 0.6 is 0 Å². The lowest BCUT2D eigenvalue weighted by Gasteiger charge is -2.29. The van der Waals surface area contributed by atoms with E-state index in [9.17, 15) is 9.59 Å². The Morgan fingerprint density at radius 1 is 1.37 bits per heavy atom. The van der Waals surface area contributed by atoms with Crippen molar-refractivity contribution in [2.24, 2.45) is 5.92 Å². The second-order valence-electron chi connectivity index (χ2n) is 6.41. The number of nitrogens with zero attached hydrogens (tertiary/aromatic N) is 1. The second-order valence-corrected chi connectivity index (χ2v) is 6.41. The van der Waals surface area contributed by atoms with Gasteiger partial charge >= 0.3 is 5.97 Å². The van der Waals surface area contributed by atoms with Crippen LogP contribution in [0.5, 0.6) is 0 Å². The van der Waals surface area contributed by atoms with Gasteiger partial charge in [0, 0.05) is 12.5 Å².